The summed E-state index contributed by atoms with van der Waals surface area (Å²) in [6.07, 6.45) is 1.87. The minimum Gasteiger partial charge on any atom is -0.292 e. The number of carbonyl (C=O) groups is 1. The summed E-state index contributed by atoms with van der Waals surface area (Å²) in [6, 6.07) is 0. The smallest absolute Gasteiger partial charge is 0.189 e. The first-order valence-electron chi connectivity index (χ1n) is 3.06. The molecule has 1 aliphatic rings. The molecule has 0 aromatic heterocycles. The minimum atomic E-state index is 0.224. The summed E-state index contributed by atoms with van der Waals surface area (Å²) in [5.41, 5.74) is 0.780. The lowest BCUT2D eigenvalue weighted by molar-refractivity contribution is -0.110. The van der Waals surface area contributed by atoms with Crippen LogP contribution in [-0.4, -0.2) is 17.2 Å². The van der Waals surface area contributed by atoms with Crippen molar-refractivity contribution < 1.29 is 4.79 Å². The number of carbonyl (C=O) groups excluding carboxylic acids is 1. The van der Waals surface area contributed by atoms with Gasteiger partial charge in [0.05, 0.1) is 11.5 Å². The molecule has 0 amide bonds. The Morgan fingerprint density at radius 2 is 2.56 bits per heavy atom. The van der Waals surface area contributed by atoms with Crippen LogP contribution in [0.4, 0.5) is 0 Å². The Kier molecular flexibility index (Phi) is 2.28. The van der Waals surface area contributed by atoms with Crippen LogP contribution in [0, 0.1) is 0 Å². The van der Waals surface area contributed by atoms with Gasteiger partial charge in [-0.15, -0.1) is 0 Å². The van der Waals surface area contributed by atoms with Gasteiger partial charge in [-0.25, -0.2) is 4.40 Å². The van der Waals surface area contributed by atoms with Gasteiger partial charge in [0, 0.05) is 0 Å². The zero-order valence-electron chi connectivity index (χ0n) is 5.39. The normalized spacial score (nSPS) is 18.3. The van der Waals surface area contributed by atoms with Crippen molar-refractivity contribution in [2.75, 3.05) is 5.75 Å². The first kappa shape index (κ1) is 6.81. The zero-order chi connectivity index (χ0) is 6.69. The van der Waals surface area contributed by atoms with Gasteiger partial charge in [-0.05, 0) is 18.4 Å². The van der Waals surface area contributed by atoms with Crippen LogP contribution >= 0.6 is 11.9 Å². The van der Waals surface area contributed by atoms with Crippen LogP contribution in [0.15, 0.2) is 4.40 Å². The highest BCUT2D eigenvalue weighted by molar-refractivity contribution is 7.99. The molecule has 0 N–H and O–H groups in total. The fourth-order valence-electron chi connectivity index (χ4n) is 0.725. The van der Waals surface area contributed by atoms with Gasteiger partial charge >= 0.3 is 0 Å². The van der Waals surface area contributed by atoms with E-state index in [4.69, 9.17) is 0 Å². The molecular formula is C6H9NOS. The maximum atomic E-state index is 10.8. The molecule has 0 aromatic carbocycles. The lowest BCUT2D eigenvalue weighted by Crippen LogP contribution is -2.09. The third-order valence-corrected chi connectivity index (χ3v) is 1.92. The first-order valence-corrected chi connectivity index (χ1v) is 4.01. The van der Waals surface area contributed by atoms with Crippen molar-refractivity contribution in [2.45, 2.75) is 19.8 Å². The summed E-state index contributed by atoms with van der Waals surface area (Å²) in [5, 5.41) is 0. The topological polar surface area (TPSA) is 29.4 Å². The van der Waals surface area contributed by atoms with E-state index in [0.29, 0.717) is 5.75 Å². The van der Waals surface area contributed by atoms with Gasteiger partial charge in [-0.3, -0.25) is 4.79 Å². The average molecular weight is 143 g/mol. The maximum absolute atomic E-state index is 10.8. The molecule has 0 radical (unpaired) electrons. The largest absolute Gasteiger partial charge is 0.292 e. The second-order valence-electron chi connectivity index (χ2n) is 1.98. The number of hydrogen-bond acceptors (Lipinski definition) is 3. The Morgan fingerprint density at radius 1 is 1.78 bits per heavy atom. The monoisotopic (exact) mass is 143 g/mol. The molecule has 0 atom stereocenters. The highest BCUT2D eigenvalue weighted by Gasteiger charge is 2.15. The summed E-state index contributed by atoms with van der Waals surface area (Å²) in [6.45, 7) is 2.05. The van der Waals surface area contributed by atoms with E-state index in [2.05, 4.69) is 11.3 Å². The second-order valence-corrected chi connectivity index (χ2v) is 2.71. The van der Waals surface area contributed by atoms with Crippen LogP contribution in [0.1, 0.15) is 19.8 Å². The van der Waals surface area contributed by atoms with Crippen LogP contribution < -0.4 is 0 Å². The molecular weight excluding hydrogens is 134 g/mol. The van der Waals surface area contributed by atoms with Gasteiger partial charge in [0.25, 0.3) is 0 Å². The summed E-state index contributed by atoms with van der Waals surface area (Å²) in [4.78, 5) is 10.8. The quantitative estimate of drug-likeness (QED) is 0.548. The van der Waals surface area contributed by atoms with E-state index in [-0.39, 0.29) is 5.78 Å². The summed E-state index contributed by atoms with van der Waals surface area (Å²) >= 11 is 1.37. The van der Waals surface area contributed by atoms with Crippen LogP contribution in [-0.2, 0) is 4.79 Å². The van der Waals surface area contributed by atoms with Gasteiger partial charge in [-0.1, -0.05) is 13.3 Å². The number of ketones is 1. The van der Waals surface area contributed by atoms with E-state index < -0.39 is 0 Å². The SMILES string of the molecule is CCCC1=NSCC1=O. The fourth-order valence-corrected chi connectivity index (χ4v) is 1.42. The van der Waals surface area contributed by atoms with Crippen LogP contribution in [0.25, 0.3) is 0 Å². The molecule has 1 aliphatic heterocycles. The molecule has 0 spiro atoms. The van der Waals surface area contributed by atoms with E-state index >= 15 is 0 Å². The van der Waals surface area contributed by atoms with Gasteiger partial charge in [0.15, 0.2) is 5.78 Å². The van der Waals surface area contributed by atoms with Crippen LogP contribution in [0.2, 0.25) is 0 Å². The lowest BCUT2D eigenvalue weighted by atomic mass is 10.2. The van der Waals surface area contributed by atoms with Crippen molar-refractivity contribution in [1.29, 1.82) is 0 Å². The molecule has 50 valence electrons. The van der Waals surface area contributed by atoms with Crippen molar-refractivity contribution in [3.05, 3.63) is 0 Å². The molecule has 0 saturated carbocycles. The molecule has 0 unspecified atom stereocenters. The second kappa shape index (κ2) is 3.01. The Hall–Kier alpha value is -0.310. The number of hydrogen-bond donors (Lipinski definition) is 0. The minimum absolute atomic E-state index is 0.224. The van der Waals surface area contributed by atoms with E-state index in [1.165, 1.54) is 11.9 Å². The predicted octanol–water partition coefficient (Wildman–Crippen LogP) is 1.46. The zero-order valence-corrected chi connectivity index (χ0v) is 6.20. The highest BCUT2D eigenvalue weighted by atomic mass is 32.2. The summed E-state index contributed by atoms with van der Waals surface area (Å²) in [5.74, 6) is 0.789. The molecule has 0 aliphatic carbocycles. The highest BCUT2D eigenvalue weighted by Crippen LogP contribution is 2.14. The van der Waals surface area contributed by atoms with E-state index in [1.807, 2.05) is 0 Å². The van der Waals surface area contributed by atoms with Crippen LogP contribution in [0.5, 0.6) is 0 Å². The van der Waals surface area contributed by atoms with Crippen molar-refractivity contribution in [2.24, 2.45) is 4.40 Å². The Morgan fingerprint density at radius 3 is 3.00 bits per heavy atom. The first-order chi connectivity index (χ1) is 4.34. The number of rotatable bonds is 2. The average Bonchev–Trinajstić information content (AvgIpc) is 2.18. The van der Waals surface area contributed by atoms with Gasteiger partial charge in [-0.2, -0.15) is 0 Å². The van der Waals surface area contributed by atoms with Gasteiger partial charge in [0.2, 0.25) is 0 Å². The Bertz CT molecular complexity index is 153. The predicted molar refractivity (Wildman–Crippen MR) is 39.8 cm³/mol. The molecule has 2 nitrogen and oxygen atoms in total. The maximum Gasteiger partial charge on any atom is 0.189 e. The lowest BCUT2D eigenvalue weighted by Gasteiger charge is -1.89. The number of Topliss-reactive ketones (excluding diaryl/α,β-unsaturated/α-hetero) is 1. The van der Waals surface area contributed by atoms with Gasteiger partial charge in [0.1, 0.15) is 0 Å². The van der Waals surface area contributed by atoms with Crippen molar-refractivity contribution in [1.82, 2.24) is 0 Å². The van der Waals surface area contributed by atoms with E-state index in [9.17, 15) is 4.79 Å². The van der Waals surface area contributed by atoms with Crippen molar-refractivity contribution >= 4 is 23.4 Å². The molecule has 0 fully saturated rings. The standard InChI is InChI=1S/C6H9NOS/c1-2-3-5-6(8)4-9-7-5/h2-4H2,1H3. The molecule has 0 aromatic rings. The van der Waals surface area contributed by atoms with E-state index in [1.54, 1.807) is 0 Å². The molecule has 0 bridgehead atoms. The molecule has 1 heterocycles. The third-order valence-electron chi connectivity index (χ3n) is 1.18. The van der Waals surface area contributed by atoms with Gasteiger partial charge < -0.3 is 0 Å². The summed E-state index contributed by atoms with van der Waals surface area (Å²) in [7, 11) is 0. The molecule has 3 heteroatoms. The molecule has 0 saturated heterocycles. The molecule has 1 rings (SSSR count). The summed E-state index contributed by atoms with van der Waals surface area (Å²) < 4.78 is 3.99. The van der Waals surface area contributed by atoms with E-state index in [0.717, 1.165) is 18.6 Å². The third kappa shape index (κ3) is 1.55. The fraction of sp³-hybridized carbons (Fsp3) is 0.667. The Labute approximate surface area is 58.9 Å². The van der Waals surface area contributed by atoms with Crippen LogP contribution in [0.3, 0.4) is 0 Å². The Balaban J connectivity index is 2.47. The van der Waals surface area contributed by atoms with Crippen molar-refractivity contribution in [3.63, 3.8) is 0 Å². The molecule has 9 heavy (non-hydrogen) atoms. The number of nitrogens with zero attached hydrogens (tertiary/aromatic N) is 1. The van der Waals surface area contributed by atoms with Crippen molar-refractivity contribution in [3.8, 4) is 0 Å².